The van der Waals surface area contributed by atoms with Gasteiger partial charge in [0.1, 0.15) is 94.0 Å². The zero-order valence-electron chi connectivity index (χ0n) is 71.2. The fraction of sp³-hybridized carbons (Fsp3) is 0.471. The van der Waals surface area contributed by atoms with Gasteiger partial charge in [0.25, 0.3) is 0 Å². The molecule has 5 aromatic carbocycles. The number of aliphatic hydroxyl groups is 1. The SMILES string of the molecule is CC(=O)N[C@H]1[C@H](O[C@H]2[C@@H](OC(C)=O)[C@@H](COC(=O)c3ccccc3)O[C@@H](O[C@H]3[C@H](OC(=O)c4ccccc4)[C@@H](OC(=O)c4ccccc4)[C@H](O)O[C@@H]3COC(=O)c3ccccc3)[C@@H]2OC(=O)c2ccccc2)O[C@H](COC(C)=O)[C@@H](O[C@@H]2O[C@H](COC(C)=O)[C@H](OC(C)=O)[C@H](O[C@H]3O[C@H](COC(C)=O)[C@H](OC(C)=O)[C@H](OC(C)=O)[C@H]3OC(C)=O)[C@H]2OC(C)=O)[C@@H]1OC(C)=O. The molecule has 10 rings (SSSR count). The fourth-order valence-corrected chi connectivity index (χ4v) is 14.4. The van der Waals surface area contributed by atoms with Crippen molar-refractivity contribution < 1.29 is 196 Å². The average molecular weight is 1810 g/mol. The van der Waals surface area contributed by atoms with Crippen molar-refractivity contribution in [2.24, 2.45) is 0 Å². The van der Waals surface area contributed by atoms with E-state index in [0.717, 1.165) is 76.2 Å². The van der Waals surface area contributed by atoms with Crippen LogP contribution < -0.4 is 5.32 Å². The van der Waals surface area contributed by atoms with Crippen molar-refractivity contribution in [3.63, 3.8) is 0 Å². The molecule has 42 heteroatoms. The summed E-state index contributed by atoms with van der Waals surface area (Å²) in [5.74, 6) is -17.9. The van der Waals surface area contributed by atoms with Crippen molar-refractivity contribution in [3.05, 3.63) is 179 Å². The standard InChI is InChI=1S/C87H95NO41/c1-42(89)88-63-69(114-49(8)96)64(126-85-76(117-52(11)99)72(66(112-47(6)94)61(120-85)39-108-45(4)92)129-86-75(116-51(10)98)71(115-50(9)97)65(111-46(5)93)60(121-86)38-107-44(3)91)59(37-106-43(2)90)119-84(63)128-73-67(113-48(7)95)62(41-110-79(101)54-29-19-13-20-30-54)122-87(77(73)125-82(104)57-35-25-16-26-36-57)127-68-58(40-109-78(100)53-27-17-12-18-28-53)118-83(105)74(124-81(103)56-33-23-15-24-34-56)70(68)123-80(102)55-31-21-14-22-32-55/h12-36,58-77,83-87,105H,37-41H2,1-11H3,(H,88,89)/t58-,59-,60-,61-,62-,63-,64-,65+,66+,67+,68-,69-,70+,71+,72+,73+,74-,75-,76-,77-,83-,84+,85+,86-,87+/m1/s1. The second-order valence-corrected chi connectivity index (χ2v) is 29.4. The molecule has 5 aliphatic rings. The Morgan fingerprint density at radius 3 is 0.814 bits per heavy atom. The van der Waals surface area contributed by atoms with Crippen LogP contribution in [-0.4, -0.2) is 287 Å². The van der Waals surface area contributed by atoms with Gasteiger partial charge in [-0.1, -0.05) is 91.0 Å². The summed E-state index contributed by atoms with van der Waals surface area (Å²) in [6.07, 6.45) is -52.0. The smallest absolute Gasteiger partial charge is 0.338 e. The first kappa shape index (κ1) is 98.4. The summed E-state index contributed by atoms with van der Waals surface area (Å²) in [5.41, 5.74) is -0.599. The molecule has 5 aromatic rings. The van der Waals surface area contributed by atoms with E-state index in [0.29, 0.717) is 0 Å². The van der Waals surface area contributed by atoms with Crippen LogP contribution in [-0.2, 0) is 166 Å². The van der Waals surface area contributed by atoms with E-state index < -0.39 is 282 Å². The fourth-order valence-electron chi connectivity index (χ4n) is 14.4. The summed E-state index contributed by atoms with van der Waals surface area (Å²) >= 11 is 0. The first-order chi connectivity index (χ1) is 61.5. The highest BCUT2D eigenvalue weighted by Crippen LogP contribution is 2.42. The third-order valence-electron chi connectivity index (χ3n) is 19.6. The Morgan fingerprint density at radius 2 is 0.473 bits per heavy atom. The molecule has 42 nitrogen and oxygen atoms in total. The zero-order valence-corrected chi connectivity index (χ0v) is 71.2. The number of amides is 1. The maximum absolute atomic E-state index is 15.3. The molecule has 5 heterocycles. The molecular formula is C87H95NO41. The number of esters is 15. The minimum absolute atomic E-state index is 0.0219. The molecule has 694 valence electrons. The van der Waals surface area contributed by atoms with Crippen LogP contribution in [0, 0.1) is 0 Å². The number of carbonyl (C=O) groups excluding carboxylic acids is 16. The molecule has 2 N–H and O–H groups in total. The predicted molar refractivity (Wildman–Crippen MR) is 422 cm³/mol. The van der Waals surface area contributed by atoms with Crippen LogP contribution in [0.3, 0.4) is 0 Å². The molecule has 0 spiro atoms. The highest BCUT2D eigenvalue weighted by atomic mass is 16.8. The summed E-state index contributed by atoms with van der Waals surface area (Å²) < 4.78 is 148. The predicted octanol–water partition coefficient (Wildman–Crippen LogP) is 3.25. The Kier molecular flexibility index (Phi) is 35.3. The lowest BCUT2D eigenvalue weighted by Gasteiger charge is -2.52. The van der Waals surface area contributed by atoms with Gasteiger partial charge in [-0.2, -0.15) is 0 Å². The second kappa shape index (κ2) is 46.3. The van der Waals surface area contributed by atoms with Crippen molar-refractivity contribution in [2.75, 3.05) is 33.0 Å². The van der Waals surface area contributed by atoms with Gasteiger partial charge in [-0.25, -0.2) is 24.0 Å². The molecular weight excluding hydrogens is 1710 g/mol. The highest BCUT2D eigenvalue weighted by Gasteiger charge is 2.63. The van der Waals surface area contributed by atoms with E-state index in [2.05, 4.69) is 5.32 Å². The summed E-state index contributed by atoms with van der Waals surface area (Å²) in [4.78, 5) is 221. The van der Waals surface area contributed by atoms with Crippen LogP contribution in [0.1, 0.15) is 128 Å². The van der Waals surface area contributed by atoms with Crippen molar-refractivity contribution in [2.45, 2.75) is 230 Å². The van der Waals surface area contributed by atoms with Gasteiger partial charge in [0, 0.05) is 76.2 Å². The van der Waals surface area contributed by atoms with Gasteiger partial charge in [-0.15, -0.1) is 0 Å². The van der Waals surface area contributed by atoms with Gasteiger partial charge < -0.3 is 124 Å². The molecule has 25 atom stereocenters. The molecule has 0 bridgehead atoms. The maximum atomic E-state index is 15.3. The number of ether oxygens (including phenoxy) is 24. The lowest BCUT2D eigenvalue weighted by atomic mass is 9.93. The number of benzene rings is 5. The third kappa shape index (κ3) is 27.4. The molecule has 5 fully saturated rings. The van der Waals surface area contributed by atoms with Crippen molar-refractivity contribution in [3.8, 4) is 0 Å². The monoisotopic (exact) mass is 1810 g/mol. The number of hydrogen-bond acceptors (Lipinski definition) is 41. The Bertz CT molecular complexity index is 4750. The van der Waals surface area contributed by atoms with E-state index >= 15 is 4.79 Å². The molecule has 0 radical (unpaired) electrons. The minimum Gasteiger partial charge on any atom is -0.463 e. The van der Waals surface area contributed by atoms with Crippen molar-refractivity contribution in [1.82, 2.24) is 5.32 Å². The normalized spacial score (nSPS) is 28.7. The van der Waals surface area contributed by atoms with Crippen LogP contribution in [0.15, 0.2) is 152 Å². The van der Waals surface area contributed by atoms with Gasteiger partial charge >= 0.3 is 89.5 Å². The number of hydrogen-bond donors (Lipinski definition) is 2. The quantitative estimate of drug-likeness (QED) is 0.0441. The Hall–Kier alpha value is -12.8. The number of rotatable bonds is 34. The van der Waals surface area contributed by atoms with Gasteiger partial charge in [-0.3, -0.25) is 52.7 Å². The molecule has 0 aromatic heterocycles. The highest BCUT2D eigenvalue weighted by molar-refractivity contribution is 5.92. The third-order valence-corrected chi connectivity index (χ3v) is 19.6. The molecule has 0 saturated carbocycles. The van der Waals surface area contributed by atoms with Gasteiger partial charge in [0.15, 0.2) is 92.5 Å². The number of aliphatic hydroxyl groups excluding tert-OH is 1. The topological polar surface area (TPSA) is 527 Å². The lowest BCUT2D eigenvalue weighted by Crippen LogP contribution is -2.71. The number of nitrogens with one attached hydrogen (secondary N) is 1. The minimum atomic E-state index is -2.45. The Labute approximate surface area is 735 Å². The van der Waals surface area contributed by atoms with E-state index in [4.69, 9.17) is 114 Å². The molecule has 129 heavy (non-hydrogen) atoms. The van der Waals surface area contributed by atoms with Crippen molar-refractivity contribution in [1.29, 1.82) is 0 Å². The zero-order chi connectivity index (χ0) is 93.4. The van der Waals surface area contributed by atoms with E-state index in [1.807, 2.05) is 0 Å². The summed E-state index contributed by atoms with van der Waals surface area (Å²) in [6, 6.07) is 33.9. The van der Waals surface area contributed by atoms with E-state index in [-0.39, 0.29) is 27.8 Å². The first-order valence-corrected chi connectivity index (χ1v) is 40.2. The summed E-state index contributed by atoms with van der Waals surface area (Å²) in [7, 11) is 0. The molecule has 0 unspecified atom stereocenters. The van der Waals surface area contributed by atoms with Gasteiger partial charge in [0.05, 0.1) is 27.8 Å². The van der Waals surface area contributed by atoms with Crippen LogP contribution in [0.5, 0.6) is 0 Å². The van der Waals surface area contributed by atoms with Crippen LogP contribution in [0.2, 0.25) is 0 Å². The lowest BCUT2D eigenvalue weighted by molar-refractivity contribution is -0.386. The van der Waals surface area contributed by atoms with Crippen molar-refractivity contribution >= 4 is 95.4 Å². The summed E-state index contributed by atoms with van der Waals surface area (Å²) in [6.45, 7) is 5.21. The summed E-state index contributed by atoms with van der Waals surface area (Å²) in [5, 5.41) is 14.8. The van der Waals surface area contributed by atoms with Crippen LogP contribution >= 0.6 is 0 Å². The second-order valence-electron chi connectivity index (χ2n) is 29.4. The van der Waals surface area contributed by atoms with E-state index in [1.165, 1.54) is 127 Å². The molecule has 5 aliphatic heterocycles. The Morgan fingerprint density at radius 1 is 0.240 bits per heavy atom. The number of carbonyl (C=O) groups is 16. The first-order valence-electron chi connectivity index (χ1n) is 40.2. The molecule has 1 amide bonds. The molecule has 5 saturated heterocycles. The van der Waals surface area contributed by atoms with Crippen LogP contribution in [0.25, 0.3) is 0 Å². The maximum Gasteiger partial charge on any atom is 0.338 e. The average Bonchev–Trinajstić information content (AvgIpc) is 0.753. The van der Waals surface area contributed by atoms with Crippen LogP contribution in [0.4, 0.5) is 0 Å². The van der Waals surface area contributed by atoms with E-state index in [1.54, 1.807) is 24.3 Å². The molecule has 0 aliphatic carbocycles. The Balaban J connectivity index is 1.16. The van der Waals surface area contributed by atoms with Gasteiger partial charge in [0.2, 0.25) is 5.91 Å². The largest absolute Gasteiger partial charge is 0.463 e. The van der Waals surface area contributed by atoms with Gasteiger partial charge in [-0.05, 0) is 60.7 Å². The van der Waals surface area contributed by atoms with E-state index in [9.17, 15) is 77.0 Å².